The summed E-state index contributed by atoms with van der Waals surface area (Å²) in [6.45, 7) is 1.45. The van der Waals surface area contributed by atoms with Crippen molar-refractivity contribution in [3.05, 3.63) is 11.6 Å². The second-order valence-electron chi connectivity index (χ2n) is 4.24. The summed E-state index contributed by atoms with van der Waals surface area (Å²) >= 11 is 0. The summed E-state index contributed by atoms with van der Waals surface area (Å²) < 4.78 is 6.71. The molecular formula is C11H17N3O3. The van der Waals surface area contributed by atoms with Gasteiger partial charge < -0.3 is 9.84 Å². The molecule has 2 rings (SSSR count). The zero-order valence-electron chi connectivity index (χ0n) is 9.93. The number of carbonyl (C=O) groups is 1. The summed E-state index contributed by atoms with van der Waals surface area (Å²) in [4.78, 5) is 15.4. The SMILES string of the molecule is COCCCc1nc2n(n1)CCCC2C(=O)O. The molecule has 1 aromatic heterocycles. The number of ether oxygens (including phenoxy) is 1. The Balaban J connectivity index is 2.10. The lowest BCUT2D eigenvalue weighted by Gasteiger charge is -2.17. The van der Waals surface area contributed by atoms with E-state index in [2.05, 4.69) is 10.1 Å². The third-order valence-electron chi connectivity index (χ3n) is 2.97. The number of rotatable bonds is 5. The van der Waals surface area contributed by atoms with Gasteiger partial charge in [-0.05, 0) is 19.3 Å². The van der Waals surface area contributed by atoms with E-state index in [1.807, 2.05) is 0 Å². The molecule has 1 aliphatic rings. The van der Waals surface area contributed by atoms with Gasteiger partial charge in [-0.1, -0.05) is 0 Å². The number of aromatic nitrogens is 3. The number of nitrogens with zero attached hydrogens (tertiary/aromatic N) is 3. The van der Waals surface area contributed by atoms with Gasteiger partial charge in [-0.3, -0.25) is 4.79 Å². The van der Waals surface area contributed by atoms with Crippen molar-refractivity contribution in [2.24, 2.45) is 0 Å². The number of methoxy groups -OCH3 is 1. The molecule has 0 spiro atoms. The van der Waals surface area contributed by atoms with Gasteiger partial charge in [0.15, 0.2) is 5.82 Å². The van der Waals surface area contributed by atoms with Crippen LogP contribution in [0.15, 0.2) is 0 Å². The number of aliphatic carboxylic acids is 1. The highest BCUT2D eigenvalue weighted by molar-refractivity contribution is 5.75. The maximum atomic E-state index is 11.1. The minimum absolute atomic E-state index is 0.493. The summed E-state index contributed by atoms with van der Waals surface area (Å²) in [5, 5.41) is 13.4. The molecule has 0 radical (unpaired) electrons. The van der Waals surface area contributed by atoms with Crippen molar-refractivity contribution in [1.82, 2.24) is 14.8 Å². The summed E-state index contributed by atoms with van der Waals surface area (Å²) in [6, 6.07) is 0. The predicted octanol–water partition coefficient (Wildman–Crippen LogP) is 0.819. The quantitative estimate of drug-likeness (QED) is 0.770. The largest absolute Gasteiger partial charge is 0.481 e. The van der Waals surface area contributed by atoms with Crippen molar-refractivity contribution >= 4 is 5.97 Å². The maximum absolute atomic E-state index is 11.1. The Morgan fingerprint density at radius 1 is 1.65 bits per heavy atom. The Morgan fingerprint density at radius 3 is 3.18 bits per heavy atom. The molecule has 17 heavy (non-hydrogen) atoms. The Bertz CT molecular complexity index is 403. The molecule has 0 aliphatic carbocycles. The zero-order chi connectivity index (χ0) is 12.3. The van der Waals surface area contributed by atoms with Gasteiger partial charge in [0.25, 0.3) is 0 Å². The fraction of sp³-hybridized carbons (Fsp3) is 0.727. The van der Waals surface area contributed by atoms with E-state index in [9.17, 15) is 4.79 Å². The van der Waals surface area contributed by atoms with E-state index in [1.54, 1.807) is 11.8 Å². The van der Waals surface area contributed by atoms with Gasteiger partial charge in [0, 0.05) is 26.7 Å². The third kappa shape index (κ3) is 2.63. The fourth-order valence-electron chi connectivity index (χ4n) is 2.11. The fourth-order valence-corrected chi connectivity index (χ4v) is 2.11. The average Bonchev–Trinajstić information content (AvgIpc) is 2.71. The number of hydrogen-bond donors (Lipinski definition) is 1. The van der Waals surface area contributed by atoms with E-state index in [0.717, 1.165) is 31.6 Å². The predicted molar refractivity (Wildman–Crippen MR) is 59.8 cm³/mol. The van der Waals surface area contributed by atoms with E-state index in [4.69, 9.17) is 9.84 Å². The molecule has 0 bridgehead atoms. The molecule has 0 fully saturated rings. The Morgan fingerprint density at radius 2 is 2.47 bits per heavy atom. The summed E-state index contributed by atoms with van der Waals surface area (Å²) in [5.41, 5.74) is 0. The first-order valence-corrected chi connectivity index (χ1v) is 5.87. The molecule has 0 saturated carbocycles. The molecular weight excluding hydrogens is 222 g/mol. The van der Waals surface area contributed by atoms with Gasteiger partial charge in [0.05, 0.1) is 0 Å². The van der Waals surface area contributed by atoms with Crippen LogP contribution in [0.1, 0.15) is 36.8 Å². The van der Waals surface area contributed by atoms with Gasteiger partial charge in [0.1, 0.15) is 11.7 Å². The first-order chi connectivity index (χ1) is 8.22. The molecule has 0 amide bonds. The summed E-state index contributed by atoms with van der Waals surface area (Å²) in [5.74, 6) is 0.0376. The summed E-state index contributed by atoms with van der Waals surface area (Å²) in [7, 11) is 1.66. The number of carboxylic acids is 1. The monoisotopic (exact) mass is 239 g/mol. The topological polar surface area (TPSA) is 77.2 Å². The molecule has 94 valence electrons. The third-order valence-corrected chi connectivity index (χ3v) is 2.97. The maximum Gasteiger partial charge on any atom is 0.314 e. The molecule has 1 atom stereocenters. The van der Waals surface area contributed by atoms with E-state index < -0.39 is 11.9 Å². The lowest BCUT2D eigenvalue weighted by atomic mass is 10.00. The van der Waals surface area contributed by atoms with Crippen LogP contribution in [-0.4, -0.2) is 39.6 Å². The molecule has 1 unspecified atom stereocenters. The molecule has 0 aromatic carbocycles. The number of hydrogen-bond acceptors (Lipinski definition) is 4. The first kappa shape index (κ1) is 12.0. The zero-order valence-corrected chi connectivity index (χ0v) is 9.93. The second kappa shape index (κ2) is 5.27. The van der Waals surface area contributed by atoms with Crippen LogP contribution in [0.5, 0.6) is 0 Å². The van der Waals surface area contributed by atoms with Crippen molar-refractivity contribution in [2.75, 3.05) is 13.7 Å². The van der Waals surface area contributed by atoms with Gasteiger partial charge >= 0.3 is 5.97 Å². The number of carboxylic acid groups (broad SMARTS) is 1. The highest BCUT2D eigenvalue weighted by atomic mass is 16.5. The van der Waals surface area contributed by atoms with Crippen LogP contribution in [0, 0.1) is 0 Å². The minimum Gasteiger partial charge on any atom is -0.481 e. The van der Waals surface area contributed by atoms with Crippen LogP contribution < -0.4 is 0 Å². The first-order valence-electron chi connectivity index (χ1n) is 5.87. The standard InChI is InChI=1S/C11H17N3O3/c1-17-7-3-5-9-12-10-8(11(15)16)4-2-6-14(10)13-9/h8H,2-7H2,1H3,(H,15,16). The van der Waals surface area contributed by atoms with Crippen LogP contribution in [0.25, 0.3) is 0 Å². The molecule has 0 saturated heterocycles. The van der Waals surface area contributed by atoms with Crippen LogP contribution in [-0.2, 0) is 22.5 Å². The van der Waals surface area contributed by atoms with E-state index in [0.29, 0.717) is 18.9 Å². The molecule has 1 aromatic rings. The van der Waals surface area contributed by atoms with Crippen LogP contribution in [0.2, 0.25) is 0 Å². The Hall–Kier alpha value is -1.43. The molecule has 1 aliphatic heterocycles. The van der Waals surface area contributed by atoms with Crippen molar-refractivity contribution < 1.29 is 14.6 Å². The highest BCUT2D eigenvalue weighted by Gasteiger charge is 2.29. The van der Waals surface area contributed by atoms with Crippen molar-refractivity contribution in [2.45, 2.75) is 38.1 Å². The van der Waals surface area contributed by atoms with Gasteiger partial charge in [-0.2, -0.15) is 5.10 Å². The van der Waals surface area contributed by atoms with Crippen molar-refractivity contribution in [3.8, 4) is 0 Å². The Labute approximate surface area is 99.6 Å². The van der Waals surface area contributed by atoms with Crippen LogP contribution in [0.4, 0.5) is 0 Å². The van der Waals surface area contributed by atoms with Crippen molar-refractivity contribution in [1.29, 1.82) is 0 Å². The average molecular weight is 239 g/mol. The normalized spacial score (nSPS) is 19.0. The summed E-state index contributed by atoms with van der Waals surface area (Å²) in [6.07, 6.45) is 3.11. The second-order valence-corrected chi connectivity index (χ2v) is 4.24. The van der Waals surface area contributed by atoms with Crippen LogP contribution >= 0.6 is 0 Å². The highest BCUT2D eigenvalue weighted by Crippen LogP contribution is 2.25. The van der Waals surface area contributed by atoms with Crippen LogP contribution in [0.3, 0.4) is 0 Å². The van der Waals surface area contributed by atoms with Gasteiger partial charge in [0.2, 0.25) is 0 Å². The van der Waals surface area contributed by atoms with Gasteiger partial charge in [-0.15, -0.1) is 0 Å². The van der Waals surface area contributed by atoms with Crippen molar-refractivity contribution in [3.63, 3.8) is 0 Å². The number of fused-ring (bicyclic) bond motifs is 1. The van der Waals surface area contributed by atoms with E-state index in [1.165, 1.54) is 0 Å². The lowest BCUT2D eigenvalue weighted by Crippen LogP contribution is -2.22. The molecule has 2 heterocycles. The molecule has 6 heteroatoms. The number of aryl methyl sites for hydroxylation is 2. The van der Waals surface area contributed by atoms with E-state index >= 15 is 0 Å². The lowest BCUT2D eigenvalue weighted by molar-refractivity contribution is -0.139. The smallest absolute Gasteiger partial charge is 0.314 e. The molecule has 1 N–H and O–H groups in total. The molecule has 6 nitrogen and oxygen atoms in total. The Kier molecular flexibility index (Phi) is 3.73. The van der Waals surface area contributed by atoms with Gasteiger partial charge in [-0.25, -0.2) is 9.67 Å². The van der Waals surface area contributed by atoms with E-state index in [-0.39, 0.29) is 0 Å². The minimum atomic E-state index is -0.804.